The molecule has 112 valence electrons. The second kappa shape index (κ2) is 8.30. The smallest absolute Gasteiger partial charge is 0.224 e. The fourth-order valence-corrected chi connectivity index (χ4v) is 2.32. The first kappa shape index (κ1) is 15.4. The van der Waals surface area contributed by atoms with Crippen LogP contribution in [-0.2, 0) is 16.1 Å². The Hall–Kier alpha value is -2.03. The van der Waals surface area contributed by atoms with Gasteiger partial charge in [-0.3, -0.25) is 4.79 Å². The fourth-order valence-electron chi connectivity index (χ4n) is 2.32. The molecule has 0 bridgehead atoms. The Morgan fingerprint density at radius 1 is 1.33 bits per heavy atom. The van der Waals surface area contributed by atoms with Crippen molar-refractivity contribution < 1.29 is 9.53 Å². The van der Waals surface area contributed by atoms with Crippen LogP contribution in [0.5, 0.6) is 0 Å². The molecule has 0 aromatic heterocycles. The molecule has 3 heteroatoms. The van der Waals surface area contributed by atoms with Gasteiger partial charge in [-0.15, -0.1) is 0 Å². The van der Waals surface area contributed by atoms with Crippen LogP contribution < -0.4 is 5.32 Å². The number of piperidine rings is 1. The molecule has 0 atom stereocenters. The van der Waals surface area contributed by atoms with Crippen molar-refractivity contribution in [2.24, 2.45) is 0 Å². The number of carbonyl (C=O) groups excluding carboxylic acids is 1. The van der Waals surface area contributed by atoms with E-state index in [4.69, 9.17) is 4.74 Å². The lowest BCUT2D eigenvalue weighted by Gasteiger charge is -2.15. The van der Waals surface area contributed by atoms with Gasteiger partial charge in [-0.1, -0.05) is 48.9 Å². The second-order valence-electron chi connectivity index (χ2n) is 5.20. The molecule has 1 amide bonds. The van der Waals surface area contributed by atoms with Gasteiger partial charge in [0.25, 0.3) is 0 Å². The molecule has 0 saturated carbocycles. The summed E-state index contributed by atoms with van der Waals surface area (Å²) in [6, 6.07) is 10.2. The van der Waals surface area contributed by atoms with E-state index in [9.17, 15) is 4.79 Å². The van der Waals surface area contributed by atoms with Crippen LogP contribution in [0.3, 0.4) is 0 Å². The molecule has 1 N–H and O–H groups in total. The van der Waals surface area contributed by atoms with Crippen molar-refractivity contribution in [1.82, 2.24) is 5.32 Å². The lowest BCUT2D eigenvalue weighted by Crippen LogP contribution is -2.29. The maximum Gasteiger partial charge on any atom is 0.224 e. The van der Waals surface area contributed by atoms with E-state index in [0.717, 1.165) is 31.6 Å². The van der Waals surface area contributed by atoms with Gasteiger partial charge in [0.05, 0.1) is 5.76 Å². The van der Waals surface area contributed by atoms with Gasteiger partial charge in [0, 0.05) is 19.4 Å². The van der Waals surface area contributed by atoms with Crippen molar-refractivity contribution in [2.45, 2.75) is 39.2 Å². The summed E-state index contributed by atoms with van der Waals surface area (Å²) < 4.78 is 5.90. The second-order valence-corrected chi connectivity index (χ2v) is 5.20. The monoisotopic (exact) mass is 285 g/mol. The number of rotatable bonds is 6. The molecule has 1 aliphatic rings. The summed E-state index contributed by atoms with van der Waals surface area (Å²) in [4.78, 5) is 11.4. The summed E-state index contributed by atoms with van der Waals surface area (Å²) in [5.41, 5.74) is 2.38. The molecule has 0 radical (unpaired) electrons. The molecule has 1 aromatic rings. The van der Waals surface area contributed by atoms with Crippen LogP contribution in [0, 0.1) is 0 Å². The molecule has 0 unspecified atom stereocenters. The Morgan fingerprint density at radius 3 is 2.86 bits per heavy atom. The van der Waals surface area contributed by atoms with Gasteiger partial charge >= 0.3 is 0 Å². The molecule has 0 spiro atoms. The number of nitrogens with one attached hydrogen (secondary N) is 1. The predicted molar refractivity (Wildman–Crippen MR) is 84.5 cm³/mol. The van der Waals surface area contributed by atoms with E-state index in [2.05, 4.69) is 36.5 Å². The van der Waals surface area contributed by atoms with Gasteiger partial charge < -0.3 is 10.1 Å². The molecular weight excluding hydrogens is 262 g/mol. The summed E-state index contributed by atoms with van der Waals surface area (Å²) >= 11 is 0. The van der Waals surface area contributed by atoms with Crippen molar-refractivity contribution in [2.75, 3.05) is 6.54 Å². The summed E-state index contributed by atoms with van der Waals surface area (Å²) in [6.45, 7) is 3.45. The molecule has 1 fully saturated rings. The van der Waals surface area contributed by atoms with E-state index in [1.165, 1.54) is 11.1 Å². The zero-order chi connectivity index (χ0) is 14.9. The third-order valence-electron chi connectivity index (χ3n) is 3.45. The van der Waals surface area contributed by atoms with Crippen LogP contribution in [0.4, 0.5) is 0 Å². The number of benzene rings is 1. The van der Waals surface area contributed by atoms with Gasteiger partial charge in [0.15, 0.2) is 0 Å². The minimum atomic E-state index is 0.124. The number of carbonyl (C=O) groups is 1. The lowest BCUT2D eigenvalue weighted by atomic mass is 10.0. The van der Waals surface area contributed by atoms with E-state index >= 15 is 0 Å². The van der Waals surface area contributed by atoms with Crippen LogP contribution in [-0.4, -0.2) is 12.5 Å². The molecule has 2 rings (SSSR count). The van der Waals surface area contributed by atoms with E-state index in [0.29, 0.717) is 13.0 Å². The summed E-state index contributed by atoms with van der Waals surface area (Å²) in [6.07, 6.45) is 7.45. The van der Waals surface area contributed by atoms with Crippen LogP contribution >= 0.6 is 0 Å². The van der Waals surface area contributed by atoms with Crippen LogP contribution in [0.2, 0.25) is 0 Å². The minimum absolute atomic E-state index is 0.124. The molecule has 1 heterocycles. The number of allylic oxidation sites excluding steroid dienone is 2. The Labute approximate surface area is 126 Å². The summed E-state index contributed by atoms with van der Waals surface area (Å²) in [5, 5.41) is 2.85. The highest BCUT2D eigenvalue weighted by Crippen LogP contribution is 2.16. The van der Waals surface area contributed by atoms with Crippen molar-refractivity contribution in [3.8, 4) is 0 Å². The Kier molecular flexibility index (Phi) is 6.07. The minimum Gasteiger partial charge on any atom is -0.493 e. The largest absolute Gasteiger partial charge is 0.493 e. The predicted octanol–water partition coefficient (Wildman–Crippen LogP) is 3.72. The lowest BCUT2D eigenvalue weighted by molar-refractivity contribution is -0.121. The van der Waals surface area contributed by atoms with Gasteiger partial charge in [-0.2, -0.15) is 0 Å². The Balaban J connectivity index is 1.89. The molecule has 21 heavy (non-hydrogen) atoms. The number of amides is 1. The maximum atomic E-state index is 11.4. The van der Waals surface area contributed by atoms with Crippen molar-refractivity contribution in [1.29, 1.82) is 0 Å². The zero-order valence-corrected chi connectivity index (χ0v) is 12.6. The van der Waals surface area contributed by atoms with Gasteiger partial charge in [0.1, 0.15) is 6.61 Å². The van der Waals surface area contributed by atoms with Crippen LogP contribution in [0.25, 0.3) is 0 Å². The van der Waals surface area contributed by atoms with Gasteiger partial charge in [-0.05, 0) is 24.5 Å². The average molecular weight is 285 g/mol. The van der Waals surface area contributed by atoms with E-state index in [-0.39, 0.29) is 5.91 Å². The average Bonchev–Trinajstić information content (AvgIpc) is 2.51. The van der Waals surface area contributed by atoms with E-state index < -0.39 is 0 Å². The van der Waals surface area contributed by atoms with Crippen LogP contribution in [0.15, 0.2) is 53.8 Å². The molecular formula is C18H23NO2. The number of ether oxygens (including phenoxy) is 1. The van der Waals surface area contributed by atoms with Crippen molar-refractivity contribution in [3.05, 3.63) is 59.4 Å². The zero-order valence-electron chi connectivity index (χ0n) is 12.6. The van der Waals surface area contributed by atoms with Crippen molar-refractivity contribution in [3.63, 3.8) is 0 Å². The standard InChI is InChI=1S/C18H23NO2/c1-2-6-17(21-14-16-7-4-3-5-8-16)10-9-15-11-12-19-18(20)13-15/h3-9H,2,10-14H2,1H3,(H,19,20)/b15-9-,17-6+. The Bertz CT molecular complexity index is 517. The normalized spacial score (nSPS) is 17.7. The first-order chi connectivity index (χ1) is 10.3. The van der Waals surface area contributed by atoms with E-state index in [1.54, 1.807) is 0 Å². The molecule has 1 aliphatic heterocycles. The highest BCUT2D eigenvalue weighted by molar-refractivity contribution is 5.79. The first-order valence-electron chi connectivity index (χ1n) is 7.58. The van der Waals surface area contributed by atoms with Gasteiger partial charge in [0.2, 0.25) is 5.91 Å². The maximum absolute atomic E-state index is 11.4. The third kappa shape index (κ3) is 5.46. The summed E-state index contributed by atoms with van der Waals surface area (Å²) in [7, 11) is 0. The molecule has 1 saturated heterocycles. The van der Waals surface area contributed by atoms with Crippen molar-refractivity contribution >= 4 is 5.91 Å². The van der Waals surface area contributed by atoms with E-state index in [1.807, 2.05) is 18.2 Å². The fraction of sp³-hybridized carbons (Fsp3) is 0.389. The Morgan fingerprint density at radius 2 is 2.14 bits per heavy atom. The van der Waals surface area contributed by atoms with Crippen LogP contribution in [0.1, 0.15) is 38.2 Å². The number of hydrogen-bond donors (Lipinski definition) is 1. The third-order valence-corrected chi connectivity index (χ3v) is 3.45. The number of hydrogen-bond acceptors (Lipinski definition) is 2. The quantitative estimate of drug-likeness (QED) is 0.639. The highest BCUT2D eigenvalue weighted by Gasteiger charge is 2.11. The highest BCUT2D eigenvalue weighted by atomic mass is 16.5. The SMILES string of the molecule is CC/C=C(\C/C=C1/CCNC(=O)C1)OCc1ccccc1. The first-order valence-corrected chi connectivity index (χ1v) is 7.58. The molecule has 1 aromatic carbocycles. The summed E-state index contributed by atoms with van der Waals surface area (Å²) in [5.74, 6) is 1.11. The van der Waals surface area contributed by atoms with Gasteiger partial charge in [-0.25, -0.2) is 0 Å². The topological polar surface area (TPSA) is 38.3 Å². The molecule has 3 nitrogen and oxygen atoms in total. The molecule has 0 aliphatic carbocycles.